The van der Waals surface area contributed by atoms with Crippen LogP contribution in [0.25, 0.3) is 0 Å². The van der Waals surface area contributed by atoms with Gasteiger partial charge in [-0.2, -0.15) is 0 Å². The Balaban J connectivity index is 1.50. The first-order valence-electron chi connectivity index (χ1n) is 11.9. The molecule has 0 aromatic rings. The molecular formula is C25H38O6. The summed E-state index contributed by atoms with van der Waals surface area (Å²) < 4.78 is 30.5. The summed E-state index contributed by atoms with van der Waals surface area (Å²) in [5, 5.41) is 0. The minimum absolute atomic E-state index is 0.0362. The van der Waals surface area contributed by atoms with Crippen molar-refractivity contribution < 1.29 is 28.5 Å². The van der Waals surface area contributed by atoms with Crippen molar-refractivity contribution in [3.63, 3.8) is 0 Å². The van der Waals surface area contributed by atoms with Crippen LogP contribution in [0.3, 0.4) is 0 Å². The molecule has 174 valence electrons. The van der Waals surface area contributed by atoms with Crippen molar-refractivity contribution >= 4 is 5.78 Å². The second kappa shape index (κ2) is 6.86. The van der Waals surface area contributed by atoms with Crippen LogP contribution in [0.1, 0.15) is 67.2 Å². The van der Waals surface area contributed by atoms with Crippen molar-refractivity contribution in [2.75, 3.05) is 19.8 Å². The molecule has 5 aliphatic rings. The first-order valence-corrected chi connectivity index (χ1v) is 11.9. The Morgan fingerprint density at radius 2 is 1.71 bits per heavy atom. The summed E-state index contributed by atoms with van der Waals surface area (Å²) in [6, 6.07) is 0. The van der Waals surface area contributed by atoms with E-state index in [0.717, 1.165) is 19.3 Å². The van der Waals surface area contributed by atoms with Gasteiger partial charge in [0.2, 0.25) is 0 Å². The molecule has 4 fully saturated rings. The van der Waals surface area contributed by atoms with E-state index in [1.165, 1.54) is 0 Å². The van der Waals surface area contributed by atoms with Crippen LogP contribution in [0.5, 0.6) is 0 Å². The van der Waals surface area contributed by atoms with Crippen molar-refractivity contribution in [2.45, 2.75) is 96.6 Å². The number of fused-ring (bicyclic) bond motifs is 3. The van der Waals surface area contributed by atoms with Crippen molar-refractivity contribution in [1.29, 1.82) is 0 Å². The molecule has 3 heterocycles. The van der Waals surface area contributed by atoms with Crippen LogP contribution in [-0.4, -0.2) is 55.0 Å². The zero-order valence-electron chi connectivity index (χ0n) is 19.9. The van der Waals surface area contributed by atoms with E-state index < -0.39 is 17.2 Å². The van der Waals surface area contributed by atoms with Gasteiger partial charge in [-0.05, 0) is 45.4 Å². The molecule has 1 saturated carbocycles. The van der Waals surface area contributed by atoms with Crippen LogP contribution < -0.4 is 0 Å². The molecule has 0 bridgehead atoms. The molecule has 0 unspecified atom stereocenters. The number of rotatable bonds is 2. The maximum Gasteiger partial charge on any atom is 0.172 e. The molecule has 0 aromatic heterocycles. The number of ketones is 1. The van der Waals surface area contributed by atoms with Crippen molar-refractivity contribution in [2.24, 2.45) is 22.7 Å². The molecule has 0 amide bonds. The molecule has 3 saturated heterocycles. The number of hydrogen-bond acceptors (Lipinski definition) is 6. The molecule has 0 radical (unpaired) electrons. The van der Waals surface area contributed by atoms with Gasteiger partial charge < -0.3 is 23.7 Å². The van der Waals surface area contributed by atoms with Gasteiger partial charge in [-0.3, -0.25) is 4.79 Å². The lowest BCUT2D eigenvalue weighted by Gasteiger charge is -2.54. The van der Waals surface area contributed by atoms with Gasteiger partial charge >= 0.3 is 0 Å². The first-order chi connectivity index (χ1) is 14.4. The zero-order chi connectivity index (χ0) is 22.3. The van der Waals surface area contributed by atoms with E-state index in [-0.39, 0.29) is 40.7 Å². The SMILES string of the molecule is CC1(C)OC[C@@H]2[C@H](CC[C@@]3(C)/C=C\CC(C)(C)[C@]4(O[C@@H]4CC4(C)OCCO4)C(=O)[C@@H]23)O1. The zero-order valence-corrected chi connectivity index (χ0v) is 19.9. The summed E-state index contributed by atoms with van der Waals surface area (Å²) in [5.74, 6) is -1.22. The Bertz CT molecular complexity index is 781. The van der Waals surface area contributed by atoms with Crippen LogP contribution in [0, 0.1) is 22.7 Å². The highest BCUT2D eigenvalue weighted by atomic mass is 16.7. The monoisotopic (exact) mass is 434 g/mol. The molecular weight excluding hydrogens is 396 g/mol. The van der Waals surface area contributed by atoms with Gasteiger partial charge in [0.1, 0.15) is 6.10 Å². The fourth-order valence-corrected chi connectivity index (χ4v) is 6.79. The molecule has 6 nitrogen and oxygen atoms in total. The molecule has 6 atom stereocenters. The quantitative estimate of drug-likeness (QED) is 0.483. The van der Waals surface area contributed by atoms with Gasteiger partial charge in [0, 0.05) is 23.7 Å². The molecule has 5 rings (SSSR count). The molecule has 6 heteroatoms. The number of hydrogen-bond donors (Lipinski definition) is 0. The van der Waals surface area contributed by atoms with Crippen LogP contribution in [0.4, 0.5) is 0 Å². The maximum atomic E-state index is 14.5. The minimum atomic E-state index is -0.823. The molecule has 1 spiro atoms. The highest BCUT2D eigenvalue weighted by Gasteiger charge is 2.74. The lowest BCUT2D eigenvalue weighted by atomic mass is 9.54. The number of allylic oxidation sites excluding steroid dienone is 2. The lowest BCUT2D eigenvalue weighted by molar-refractivity contribution is -0.309. The lowest BCUT2D eigenvalue weighted by Crippen LogP contribution is -2.60. The Morgan fingerprint density at radius 3 is 2.42 bits per heavy atom. The Kier molecular flexibility index (Phi) is 4.87. The normalized spacial score (nSPS) is 48.4. The van der Waals surface area contributed by atoms with E-state index in [9.17, 15) is 4.79 Å². The van der Waals surface area contributed by atoms with Crippen LogP contribution in [0.2, 0.25) is 0 Å². The fraction of sp³-hybridized carbons (Fsp3) is 0.880. The maximum absolute atomic E-state index is 14.5. The summed E-state index contributed by atoms with van der Waals surface area (Å²) >= 11 is 0. The topological polar surface area (TPSA) is 66.5 Å². The van der Waals surface area contributed by atoms with Crippen LogP contribution in [-0.2, 0) is 28.5 Å². The molecule has 3 aliphatic heterocycles. The van der Waals surface area contributed by atoms with E-state index in [2.05, 4.69) is 32.9 Å². The van der Waals surface area contributed by atoms with Gasteiger partial charge in [0.25, 0.3) is 0 Å². The van der Waals surface area contributed by atoms with E-state index in [1.54, 1.807) is 0 Å². The van der Waals surface area contributed by atoms with Gasteiger partial charge in [-0.15, -0.1) is 0 Å². The molecule has 2 aliphatic carbocycles. The number of carbonyl (C=O) groups excluding carboxylic acids is 1. The summed E-state index contributed by atoms with van der Waals surface area (Å²) in [6.45, 7) is 14.2. The third-order valence-electron chi connectivity index (χ3n) is 8.60. The summed E-state index contributed by atoms with van der Waals surface area (Å²) in [7, 11) is 0. The van der Waals surface area contributed by atoms with Gasteiger partial charge in [-0.1, -0.05) is 32.9 Å². The number of epoxide rings is 1. The minimum Gasteiger partial charge on any atom is -0.357 e. The third-order valence-corrected chi connectivity index (χ3v) is 8.60. The van der Waals surface area contributed by atoms with E-state index in [4.69, 9.17) is 23.7 Å². The highest BCUT2D eigenvalue weighted by molar-refractivity contribution is 5.95. The van der Waals surface area contributed by atoms with Crippen molar-refractivity contribution in [3.05, 3.63) is 12.2 Å². The second-order valence-corrected chi connectivity index (χ2v) is 11.8. The highest BCUT2D eigenvalue weighted by Crippen LogP contribution is 2.62. The average molecular weight is 435 g/mol. The standard InChI is InChI=1S/C25H38O6/c1-21(2)9-7-10-23(5)11-8-17-16(15-29-22(3,4)30-17)19(23)20(26)25(21)18(31-25)14-24(6)27-12-13-28-24/h7,10,16-19H,8-9,11-15H2,1-6H3/b10-7-/t16-,17+,18-,19-,23-,25-/m1/s1. The summed E-state index contributed by atoms with van der Waals surface area (Å²) in [5.41, 5.74) is -1.35. The first kappa shape index (κ1) is 22.0. The fourth-order valence-electron chi connectivity index (χ4n) is 6.79. The third kappa shape index (κ3) is 3.36. The van der Waals surface area contributed by atoms with Gasteiger partial charge in [-0.25, -0.2) is 0 Å². The smallest absolute Gasteiger partial charge is 0.172 e. The predicted molar refractivity (Wildman–Crippen MR) is 114 cm³/mol. The van der Waals surface area contributed by atoms with E-state index >= 15 is 0 Å². The Morgan fingerprint density at radius 1 is 1.00 bits per heavy atom. The number of Topliss-reactive ketones (excluding diaryl/α,β-unsaturated/α-hetero) is 1. The largest absolute Gasteiger partial charge is 0.357 e. The number of ether oxygens (including phenoxy) is 5. The second-order valence-electron chi connectivity index (χ2n) is 11.8. The van der Waals surface area contributed by atoms with Crippen LogP contribution in [0.15, 0.2) is 12.2 Å². The van der Waals surface area contributed by atoms with Gasteiger partial charge in [0.15, 0.2) is 23.0 Å². The van der Waals surface area contributed by atoms with E-state index in [1.807, 2.05) is 20.8 Å². The van der Waals surface area contributed by atoms with Crippen LogP contribution >= 0.6 is 0 Å². The average Bonchev–Trinajstić information content (AvgIpc) is 3.24. The predicted octanol–water partition coefficient (Wildman–Crippen LogP) is 4.02. The van der Waals surface area contributed by atoms with Crippen molar-refractivity contribution in [1.82, 2.24) is 0 Å². The summed E-state index contributed by atoms with van der Waals surface area (Å²) in [6.07, 6.45) is 7.67. The molecule has 0 N–H and O–H groups in total. The van der Waals surface area contributed by atoms with E-state index in [0.29, 0.717) is 26.2 Å². The Labute approximate surface area is 186 Å². The summed E-state index contributed by atoms with van der Waals surface area (Å²) in [4.78, 5) is 14.5. The van der Waals surface area contributed by atoms with Gasteiger partial charge in [0.05, 0.1) is 25.9 Å². The number of carbonyl (C=O) groups is 1. The molecule has 31 heavy (non-hydrogen) atoms. The van der Waals surface area contributed by atoms with Crippen molar-refractivity contribution in [3.8, 4) is 0 Å². The Hall–Kier alpha value is -0.790. The molecule has 0 aromatic carbocycles.